The number of nitrogens with one attached hydrogen (secondary N) is 1. The smallest absolute Gasteiger partial charge is 0.224 e. The molecule has 1 amide bonds. The molecule has 0 bridgehead atoms. The molecule has 0 aromatic carbocycles. The normalized spacial score (nSPS) is 21.7. The molecule has 0 unspecified atom stereocenters. The van der Waals surface area contributed by atoms with E-state index in [-0.39, 0.29) is 18.4 Å². The van der Waals surface area contributed by atoms with Crippen LogP contribution < -0.4 is 5.32 Å². The first-order valence-electron chi connectivity index (χ1n) is 7.73. The van der Waals surface area contributed by atoms with Gasteiger partial charge in [0.25, 0.3) is 0 Å². The zero-order valence-electron chi connectivity index (χ0n) is 13.1. The molecule has 2 aromatic heterocycles. The second-order valence-corrected chi connectivity index (χ2v) is 6.05. The third-order valence-corrected chi connectivity index (χ3v) is 4.10. The zero-order chi connectivity index (χ0) is 16.2. The van der Waals surface area contributed by atoms with Crippen LogP contribution in [-0.4, -0.2) is 45.9 Å². The zero-order valence-corrected chi connectivity index (χ0v) is 13.1. The van der Waals surface area contributed by atoms with Crippen molar-refractivity contribution in [2.75, 3.05) is 13.1 Å². The standard InChI is InChI=1S/C16H21FN4O2/c1-20-8-13(6-19-20)9-21-10-14(17)5-15(21)7-18-16(22)4-12-2-3-23-11-12/h2-3,6,8,11,14-15H,4-5,7,9-10H2,1H3,(H,18,22)/t14-,15-/m0/s1. The highest BCUT2D eigenvalue weighted by atomic mass is 19.1. The Bertz CT molecular complexity index is 640. The van der Waals surface area contributed by atoms with Gasteiger partial charge in [-0.3, -0.25) is 14.4 Å². The van der Waals surface area contributed by atoms with Crippen LogP contribution in [0.5, 0.6) is 0 Å². The predicted molar refractivity (Wildman–Crippen MR) is 82.3 cm³/mol. The van der Waals surface area contributed by atoms with Crippen molar-refractivity contribution in [2.24, 2.45) is 7.05 Å². The Balaban J connectivity index is 1.51. The first-order chi connectivity index (χ1) is 11.1. The van der Waals surface area contributed by atoms with E-state index in [1.807, 2.05) is 13.2 Å². The van der Waals surface area contributed by atoms with Gasteiger partial charge in [-0.15, -0.1) is 0 Å². The van der Waals surface area contributed by atoms with E-state index in [1.54, 1.807) is 29.5 Å². The summed E-state index contributed by atoms with van der Waals surface area (Å²) in [5.74, 6) is -0.0740. The maximum absolute atomic E-state index is 13.8. The van der Waals surface area contributed by atoms with Gasteiger partial charge < -0.3 is 9.73 Å². The number of aryl methyl sites for hydroxylation is 1. The highest BCUT2D eigenvalue weighted by molar-refractivity contribution is 5.78. The minimum Gasteiger partial charge on any atom is -0.472 e. The predicted octanol–water partition coefficient (Wildman–Crippen LogP) is 1.28. The lowest BCUT2D eigenvalue weighted by Gasteiger charge is -2.23. The molecule has 7 heteroatoms. The number of alkyl halides is 1. The molecule has 0 aliphatic carbocycles. The molecule has 1 aliphatic heterocycles. The number of amides is 1. The van der Waals surface area contributed by atoms with Crippen molar-refractivity contribution in [3.63, 3.8) is 0 Å². The van der Waals surface area contributed by atoms with Crippen LogP contribution in [0.15, 0.2) is 35.4 Å². The van der Waals surface area contributed by atoms with Crippen molar-refractivity contribution in [3.05, 3.63) is 42.1 Å². The number of carbonyl (C=O) groups is 1. The Kier molecular flexibility index (Phi) is 4.76. The van der Waals surface area contributed by atoms with Crippen molar-refractivity contribution >= 4 is 5.91 Å². The van der Waals surface area contributed by atoms with Crippen LogP contribution in [0, 0.1) is 0 Å². The second-order valence-electron chi connectivity index (χ2n) is 6.05. The Morgan fingerprint density at radius 2 is 2.39 bits per heavy atom. The molecule has 0 spiro atoms. The molecule has 0 radical (unpaired) electrons. The van der Waals surface area contributed by atoms with Crippen molar-refractivity contribution in [1.29, 1.82) is 0 Å². The van der Waals surface area contributed by atoms with Gasteiger partial charge in [-0.05, 0) is 18.1 Å². The monoisotopic (exact) mass is 320 g/mol. The Labute approximate surface area is 134 Å². The molecule has 3 rings (SSSR count). The number of nitrogens with zero attached hydrogens (tertiary/aromatic N) is 3. The van der Waals surface area contributed by atoms with Gasteiger partial charge in [0.1, 0.15) is 6.17 Å². The Morgan fingerprint density at radius 3 is 3.09 bits per heavy atom. The molecule has 1 N–H and O–H groups in total. The quantitative estimate of drug-likeness (QED) is 0.871. The lowest BCUT2D eigenvalue weighted by Crippen LogP contribution is -2.40. The van der Waals surface area contributed by atoms with E-state index in [0.29, 0.717) is 26.1 Å². The lowest BCUT2D eigenvalue weighted by molar-refractivity contribution is -0.120. The number of carbonyl (C=O) groups excluding carboxylic acids is 1. The molecule has 0 saturated carbocycles. The lowest BCUT2D eigenvalue weighted by atomic mass is 10.2. The van der Waals surface area contributed by atoms with E-state index in [2.05, 4.69) is 15.3 Å². The fourth-order valence-electron chi connectivity index (χ4n) is 2.99. The molecule has 2 atom stereocenters. The summed E-state index contributed by atoms with van der Waals surface area (Å²) in [6, 6.07) is 1.78. The fraction of sp³-hybridized carbons (Fsp3) is 0.500. The molecule has 1 fully saturated rings. The van der Waals surface area contributed by atoms with Crippen LogP contribution in [0.4, 0.5) is 4.39 Å². The maximum Gasteiger partial charge on any atom is 0.224 e. The van der Waals surface area contributed by atoms with Crippen molar-refractivity contribution < 1.29 is 13.6 Å². The fourth-order valence-corrected chi connectivity index (χ4v) is 2.99. The molecule has 2 aromatic rings. The molecule has 23 heavy (non-hydrogen) atoms. The minimum atomic E-state index is -0.845. The molecule has 6 nitrogen and oxygen atoms in total. The van der Waals surface area contributed by atoms with Gasteiger partial charge in [0.15, 0.2) is 0 Å². The van der Waals surface area contributed by atoms with Gasteiger partial charge in [-0.25, -0.2) is 4.39 Å². The number of aromatic nitrogens is 2. The van der Waals surface area contributed by atoms with Gasteiger partial charge in [0.05, 0.1) is 25.1 Å². The number of likely N-dealkylation sites (tertiary alicyclic amines) is 1. The molecule has 124 valence electrons. The van der Waals surface area contributed by atoms with Crippen LogP contribution in [-0.2, 0) is 24.8 Å². The van der Waals surface area contributed by atoms with Crippen LogP contribution in [0.3, 0.4) is 0 Å². The van der Waals surface area contributed by atoms with Crippen LogP contribution >= 0.6 is 0 Å². The third-order valence-electron chi connectivity index (χ3n) is 4.10. The Morgan fingerprint density at radius 1 is 1.52 bits per heavy atom. The molecular weight excluding hydrogens is 299 g/mol. The van der Waals surface area contributed by atoms with E-state index in [0.717, 1.165) is 11.1 Å². The summed E-state index contributed by atoms with van der Waals surface area (Å²) in [5, 5.41) is 7.03. The van der Waals surface area contributed by atoms with Gasteiger partial charge >= 0.3 is 0 Å². The van der Waals surface area contributed by atoms with Crippen LogP contribution in [0.25, 0.3) is 0 Å². The summed E-state index contributed by atoms with van der Waals surface area (Å²) in [4.78, 5) is 14.0. The van der Waals surface area contributed by atoms with Crippen LogP contribution in [0.2, 0.25) is 0 Å². The van der Waals surface area contributed by atoms with E-state index in [1.165, 1.54) is 0 Å². The average molecular weight is 320 g/mol. The number of furan rings is 1. The summed E-state index contributed by atoms with van der Waals surface area (Å²) in [5.41, 5.74) is 1.89. The number of halogens is 1. The highest BCUT2D eigenvalue weighted by Gasteiger charge is 2.32. The highest BCUT2D eigenvalue weighted by Crippen LogP contribution is 2.22. The van der Waals surface area contributed by atoms with Gasteiger partial charge in [-0.2, -0.15) is 5.10 Å². The summed E-state index contributed by atoms with van der Waals surface area (Å²) >= 11 is 0. The van der Waals surface area contributed by atoms with Crippen LogP contribution in [0.1, 0.15) is 17.5 Å². The van der Waals surface area contributed by atoms with Gasteiger partial charge in [0, 0.05) is 44.5 Å². The molecule has 1 saturated heterocycles. The second kappa shape index (κ2) is 6.95. The minimum absolute atomic E-state index is 0.0125. The molecule has 1 aliphatic rings. The maximum atomic E-state index is 13.8. The van der Waals surface area contributed by atoms with Crippen molar-refractivity contribution in [3.8, 4) is 0 Å². The topological polar surface area (TPSA) is 63.3 Å². The number of rotatable bonds is 6. The molecule has 3 heterocycles. The first kappa shape index (κ1) is 15.7. The van der Waals surface area contributed by atoms with E-state index < -0.39 is 6.17 Å². The number of hydrogen-bond donors (Lipinski definition) is 1. The first-order valence-corrected chi connectivity index (χ1v) is 7.73. The van der Waals surface area contributed by atoms with Crippen molar-refractivity contribution in [1.82, 2.24) is 20.0 Å². The Hall–Kier alpha value is -2.15. The number of hydrogen-bond acceptors (Lipinski definition) is 4. The summed E-state index contributed by atoms with van der Waals surface area (Å²) < 4.78 is 20.5. The summed E-state index contributed by atoms with van der Waals surface area (Å²) in [6.07, 6.45) is 6.71. The van der Waals surface area contributed by atoms with E-state index in [4.69, 9.17) is 4.42 Å². The summed E-state index contributed by atoms with van der Waals surface area (Å²) in [7, 11) is 1.86. The van der Waals surface area contributed by atoms with Gasteiger partial charge in [-0.1, -0.05) is 0 Å². The molecular formula is C16H21FN4O2. The van der Waals surface area contributed by atoms with Gasteiger partial charge in [0.2, 0.25) is 5.91 Å². The SMILES string of the molecule is Cn1cc(CN2C[C@@H](F)C[C@H]2CNC(=O)Cc2ccoc2)cn1. The third kappa shape index (κ3) is 4.19. The van der Waals surface area contributed by atoms with E-state index >= 15 is 0 Å². The van der Waals surface area contributed by atoms with E-state index in [9.17, 15) is 9.18 Å². The van der Waals surface area contributed by atoms with Crippen molar-refractivity contribution in [2.45, 2.75) is 31.6 Å². The largest absolute Gasteiger partial charge is 0.472 e. The summed E-state index contributed by atoms with van der Waals surface area (Å²) in [6.45, 7) is 1.51. The average Bonchev–Trinajstić information content (AvgIpc) is 3.21.